The molecule has 1 aromatic rings. The SMILES string of the molecule is CCNC(=NCCN1CCN(CC)CC1)NCCSc1ccc(Cl)cc1.I. The maximum atomic E-state index is 5.92. The van der Waals surface area contributed by atoms with Crippen LogP contribution in [0.5, 0.6) is 0 Å². The van der Waals surface area contributed by atoms with E-state index in [1.54, 1.807) is 0 Å². The summed E-state index contributed by atoms with van der Waals surface area (Å²) in [6.45, 7) is 13.8. The van der Waals surface area contributed by atoms with E-state index in [1.165, 1.54) is 18.0 Å². The van der Waals surface area contributed by atoms with E-state index in [-0.39, 0.29) is 24.0 Å². The zero-order chi connectivity index (χ0) is 18.6. The van der Waals surface area contributed by atoms with Crippen molar-refractivity contribution >= 4 is 53.3 Å². The van der Waals surface area contributed by atoms with E-state index in [4.69, 9.17) is 16.6 Å². The maximum absolute atomic E-state index is 5.92. The average Bonchev–Trinajstić information content (AvgIpc) is 2.67. The lowest BCUT2D eigenvalue weighted by molar-refractivity contribution is 0.140. The van der Waals surface area contributed by atoms with Gasteiger partial charge in [-0.05, 0) is 37.7 Å². The molecule has 5 nitrogen and oxygen atoms in total. The summed E-state index contributed by atoms with van der Waals surface area (Å²) in [5.41, 5.74) is 0. The van der Waals surface area contributed by atoms with Crippen LogP contribution in [0, 0.1) is 0 Å². The highest BCUT2D eigenvalue weighted by Crippen LogP contribution is 2.19. The van der Waals surface area contributed by atoms with Gasteiger partial charge < -0.3 is 15.5 Å². The van der Waals surface area contributed by atoms with Gasteiger partial charge in [0.2, 0.25) is 0 Å². The summed E-state index contributed by atoms with van der Waals surface area (Å²) < 4.78 is 0. The first-order chi connectivity index (χ1) is 12.7. The van der Waals surface area contributed by atoms with Crippen molar-refractivity contribution in [3.8, 4) is 0 Å². The van der Waals surface area contributed by atoms with Crippen LogP contribution in [0.15, 0.2) is 34.2 Å². The molecule has 1 heterocycles. The average molecular weight is 526 g/mol. The number of guanidine groups is 1. The van der Waals surface area contributed by atoms with Crippen molar-refractivity contribution in [1.29, 1.82) is 0 Å². The van der Waals surface area contributed by atoms with E-state index in [0.29, 0.717) is 0 Å². The minimum absolute atomic E-state index is 0. The largest absolute Gasteiger partial charge is 0.357 e. The first-order valence-corrected chi connectivity index (χ1v) is 10.9. The molecule has 1 fully saturated rings. The monoisotopic (exact) mass is 525 g/mol. The molecule has 1 aliphatic heterocycles. The van der Waals surface area contributed by atoms with Crippen LogP contribution in [0.2, 0.25) is 5.02 Å². The molecule has 27 heavy (non-hydrogen) atoms. The Bertz CT molecular complexity index is 535. The van der Waals surface area contributed by atoms with Crippen molar-refractivity contribution in [2.75, 3.05) is 64.7 Å². The summed E-state index contributed by atoms with van der Waals surface area (Å²) in [5.74, 6) is 1.90. The summed E-state index contributed by atoms with van der Waals surface area (Å²) in [4.78, 5) is 11.0. The molecule has 154 valence electrons. The summed E-state index contributed by atoms with van der Waals surface area (Å²) in [5, 5.41) is 7.53. The molecular weight excluding hydrogens is 493 g/mol. The molecule has 1 aromatic carbocycles. The summed E-state index contributed by atoms with van der Waals surface area (Å²) in [6, 6.07) is 7.99. The van der Waals surface area contributed by atoms with Crippen LogP contribution in [0.25, 0.3) is 0 Å². The molecule has 0 unspecified atom stereocenters. The van der Waals surface area contributed by atoms with Crippen molar-refractivity contribution in [1.82, 2.24) is 20.4 Å². The Morgan fingerprint density at radius 1 is 1.07 bits per heavy atom. The minimum Gasteiger partial charge on any atom is -0.357 e. The number of halogens is 2. The summed E-state index contributed by atoms with van der Waals surface area (Å²) >= 11 is 7.74. The lowest BCUT2D eigenvalue weighted by Crippen LogP contribution is -2.47. The number of nitrogens with one attached hydrogen (secondary N) is 2. The number of benzene rings is 1. The molecule has 2 N–H and O–H groups in total. The molecule has 0 amide bonds. The molecule has 2 rings (SSSR count). The molecular formula is C19H33ClIN5S. The first kappa shape index (κ1) is 24.8. The van der Waals surface area contributed by atoms with Gasteiger partial charge in [0.1, 0.15) is 0 Å². The van der Waals surface area contributed by atoms with E-state index in [0.717, 1.165) is 62.5 Å². The normalized spacial score (nSPS) is 16.0. The number of piperazine rings is 1. The zero-order valence-electron chi connectivity index (χ0n) is 16.4. The van der Waals surface area contributed by atoms with Crippen LogP contribution >= 0.6 is 47.3 Å². The van der Waals surface area contributed by atoms with Crippen LogP contribution in [0.3, 0.4) is 0 Å². The summed E-state index contributed by atoms with van der Waals surface area (Å²) in [6.07, 6.45) is 0. The lowest BCUT2D eigenvalue weighted by atomic mass is 10.3. The predicted molar refractivity (Wildman–Crippen MR) is 130 cm³/mol. The van der Waals surface area contributed by atoms with Gasteiger partial charge in [0.15, 0.2) is 5.96 Å². The van der Waals surface area contributed by atoms with Crippen LogP contribution in [0.4, 0.5) is 0 Å². The van der Waals surface area contributed by atoms with Crippen molar-refractivity contribution in [3.05, 3.63) is 29.3 Å². The van der Waals surface area contributed by atoms with Gasteiger partial charge in [-0.2, -0.15) is 0 Å². The second-order valence-electron chi connectivity index (χ2n) is 6.27. The smallest absolute Gasteiger partial charge is 0.191 e. The fourth-order valence-corrected chi connectivity index (χ4v) is 3.74. The number of aliphatic imine (C=N–C) groups is 1. The van der Waals surface area contributed by atoms with Crippen molar-refractivity contribution in [2.45, 2.75) is 18.7 Å². The van der Waals surface area contributed by atoms with Gasteiger partial charge in [-0.3, -0.25) is 9.89 Å². The van der Waals surface area contributed by atoms with Gasteiger partial charge in [-0.1, -0.05) is 18.5 Å². The van der Waals surface area contributed by atoms with Crippen LogP contribution in [-0.4, -0.2) is 80.4 Å². The van der Waals surface area contributed by atoms with Crippen molar-refractivity contribution in [2.24, 2.45) is 4.99 Å². The molecule has 0 bridgehead atoms. The third kappa shape index (κ3) is 10.2. The van der Waals surface area contributed by atoms with Gasteiger partial charge in [0.05, 0.1) is 6.54 Å². The highest BCUT2D eigenvalue weighted by atomic mass is 127. The second-order valence-corrected chi connectivity index (χ2v) is 7.87. The number of hydrogen-bond acceptors (Lipinski definition) is 4. The Kier molecular flexibility index (Phi) is 13.5. The Morgan fingerprint density at radius 3 is 2.37 bits per heavy atom. The standard InChI is InChI=1S/C19H32ClN5S.HI/c1-3-21-19(22-9-11-25-14-12-24(4-2)13-15-25)23-10-16-26-18-7-5-17(20)6-8-18;/h5-8H,3-4,9-16H2,1-2H3,(H2,21,22,23);1H. The fraction of sp³-hybridized carbons (Fsp3) is 0.632. The Labute approximate surface area is 190 Å². The summed E-state index contributed by atoms with van der Waals surface area (Å²) in [7, 11) is 0. The first-order valence-electron chi connectivity index (χ1n) is 9.56. The van der Waals surface area contributed by atoms with Crippen molar-refractivity contribution in [3.63, 3.8) is 0 Å². The van der Waals surface area contributed by atoms with Crippen LogP contribution < -0.4 is 10.6 Å². The molecule has 0 spiro atoms. The molecule has 1 aliphatic rings. The van der Waals surface area contributed by atoms with E-state index in [9.17, 15) is 0 Å². The Morgan fingerprint density at radius 2 is 1.74 bits per heavy atom. The van der Waals surface area contributed by atoms with E-state index in [1.807, 2.05) is 23.9 Å². The number of nitrogens with zero attached hydrogens (tertiary/aromatic N) is 3. The number of rotatable bonds is 9. The minimum atomic E-state index is 0. The highest BCUT2D eigenvalue weighted by molar-refractivity contribution is 14.0. The molecule has 1 saturated heterocycles. The Balaban J connectivity index is 0.00000364. The van der Waals surface area contributed by atoms with Gasteiger partial charge in [0.25, 0.3) is 0 Å². The lowest BCUT2D eigenvalue weighted by Gasteiger charge is -2.33. The van der Waals surface area contributed by atoms with Crippen molar-refractivity contribution < 1.29 is 0 Å². The van der Waals surface area contributed by atoms with Gasteiger partial charge in [-0.25, -0.2) is 0 Å². The molecule has 0 saturated carbocycles. The molecule has 0 atom stereocenters. The number of thioether (sulfide) groups is 1. The van der Waals surface area contributed by atoms with Gasteiger partial charge >= 0.3 is 0 Å². The fourth-order valence-electron chi connectivity index (χ4n) is 2.84. The van der Waals surface area contributed by atoms with E-state index >= 15 is 0 Å². The third-order valence-corrected chi connectivity index (χ3v) is 5.69. The quantitative estimate of drug-likeness (QED) is 0.170. The predicted octanol–water partition coefficient (Wildman–Crippen LogP) is 3.24. The molecule has 0 radical (unpaired) electrons. The van der Waals surface area contributed by atoms with Gasteiger partial charge in [-0.15, -0.1) is 35.7 Å². The molecule has 0 aromatic heterocycles. The number of likely N-dealkylation sites (N-methyl/N-ethyl adjacent to an activating group) is 1. The molecule has 8 heteroatoms. The zero-order valence-corrected chi connectivity index (χ0v) is 20.3. The maximum Gasteiger partial charge on any atom is 0.191 e. The van der Waals surface area contributed by atoms with Crippen LogP contribution in [0.1, 0.15) is 13.8 Å². The third-order valence-electron chi connectivity index (χ3n) is 4.42. The topological polar surface area (TPSA) is 42.9 Å². The highest BCUT2D eigenvalue weighted by Gasteiger charge is 2.14. The van der Waals surface area contributed by atoms with E-state index < -0.39 is 0 Å². The van der Waals surface area contributed by atoms with Gasteiger partial charge in [0, 0.05) is 61.5 Å². The molecule has 0 aliphatic carbocycles. The number of hydrogen-bond donors (Lipinski definition) is 2. The second kappa shape index (κ2) is 14.7. The van der Waals surface area contributed by atoms with Crippen LogP contribution in [-0.2, 0) is 0 Å². The Hall–Kier alpha value is -0.220. The van der Waals surface area contributed by atoms with E-state index in [2.05, 4.69) is 46.4 Å².